The summed E-state index contributed by atoms with van der Waals surface area (Å²) < 4.78 is 38.4. The van der Waals surface area contributed by atoms with Crippen molar-refractivity contribution in [3.8, 4) is 0 Å². The first-order valence-electron chi connectivity index (χ1n) is 4.96. The molecule has 3 N–H and O–H groups in total. The summed E-state index contributed by atoms with van der Waals surface area (Å²) in [7, 11) is 0. The fourth-order valence-electron chi connectivity index (χ4n) is 1.86. The topological polar surface area (TPSA) is 38.0 Å². The Balaban J connectivity index is 2.48. The van der Waals surface area contributed by atoms with Gasteiger partial charge in [0.15, 0.2) is 0 Å². The molecule has 0 amide bonds. The number of hydrogen-bond donors (Lipinski definition) is 2. The number of alkyl halides is 3. The van der Waals surface area contributed by atoms with Crippen LogP contribution in [0.15, 0.2) is 30.1 Å². The average molecular weight is 263 g/mol. The van der Waals surface area contributed by atoms with E-state index in [1.807, 2.05) is 0 Å². The fourth-order valence-corrected chi connectivity index (χ4v) is 2.04. The Labute approximate surface area is 101 Å². The molecule has 0 saturated carbocycles. The molecule has 0 radical (unpaired) electrons. The van der Waals surface area contributed by atoms with Gasteiger partial charge in [-0.1, -0.05) is 11.6 Å². The van der Waals surface area contributed by atoms with Crippen molar-refractivity contribution in [1.82, 2.24) is 5.32 Å². The largest absolute Gasteiger partial charge is 0.416 e. The minimum atomic E-state index is -4.38. The Bertz CT molecular complexity index is 468. The van der Waals surface area contributed by atoms with Gasteiger partial charge in [0.2, 0.25) is 0 Å². The van der Waals surface area contributed by atoms with E-state index in [-0.39, 0.29) is 10.6 Å². The maximum atomic E-state index is 12.8. The quantitative estimate of drug-likeness (QED) is 0.817. The molecule has 1 aromatic rings. The van der Waals surface area contributed by atoms with Crippen molar-refractivity contribution in [3.63, 3.8) is 0 Å². The second-order valence-electron chi connectivity index (χ2n) is 3.84. The first-order valence-corrected chi connectivity index (χ1v) is 5.33. The van der Waals surface area contributed by atoms with Gasteiger partial charge in [-0.2, -0.15) is 13.2 Å². The molecule has 1 atom stereocenters. The van der Waals surface area contributed by atoms with Crippen molar-refractivity contribution >= 4 is 11.6 Å². The van der Waals surface area contributed by atoms with Crippen LogP contribution in [0.3, 0.4) is 0 Å². The van der Waals surface area contributed by atoms with Crippen LogP contribution in [-0.2, 0) is 6.18 Å². The summed E-state index contributed by atoms with van der Waals surface area (Å²) in [4.78, 5) is 0. The first kappa shape index (κ1) is 12.1. The number of halogens is 4. The number of nitrogens with one attached hydrogen (secondary N) is 1. The second kappa shape index (κ2) is 4.14. The second-order valence-corrected chi connectivity index (χ2v) is 4.28. The molecule has 92 valence electrons. The van der Waals surface area contributed by atoms with Crippen LogP contribution in [-0.4, -0.2) is 6.54 Å². The maximum absolute atomic E-state index is 12.8. The standard InChI is InChI=1S/C11H10ClF3N2/c12-7-1-2-9(11(13,14)15)8(4-7)6-3-10(16)17-5-6/h1-4,6,17H,5,16H2/t6-/m1/s1. The summed E-state index contributed by atoms with van der Waals surface area (Å²) in [6.07, 6.45) is -2.81. The van der Waals surface area contributed by atoms with Gasteiger partial charge in [0, 0.05) is 17.5 Å². The van der Waals surface area contributed by atoms with Gasteiger partial charge in [-0.05, 0) is 29.8 Å². The van der Waals surface area contributed by atoms with E-state index < -0.39 is 17.7 Å². The minimum absolute atomic E-state index is 0.151. The summed E-state index contributed by atoms with van der Waals surface area (Å²) in [6.45, 7) is 0.356. The maximum Gasteiger partial charge on any atom is 0.416 e. The molecule has 0 saturated heterocycles. The molecule has 0 fully saturated rings. The Morgan fingerprint density at radius 3 is 2.59 bits per heavy atom. The molecule has 0 aliphatic carbocycles. The zero-order valence-corrected chi connectivity index (χ0v) is 9.44. The Morgan fingerprint density at radius 1 is 1.35 bits per heavy atom. The normalized spacial score (nSPS) is 20.0. The van der Waals surface area contributed by atoms with E-state index in [4.69, 9.17) is 17.3 Å². The predicted molar refractivity (Wildman–Crippen MR) is 59.5 cm³/mol. The average Bonchev–Trinajstić information content (AvgIpc) is 2.62. The predicted octanol–water partition coefficient (Wildman–Crippen LogP) is 2.85. The zero-order chi connectivity index (χ0) is 12.6. The summed E-state index contributed by atoms with van der Waals surface area (Å²) in [5.41, 5.74) is 4.98. The van der Waals surface area contributed by atoms with E-state index in [0.717, 1.165) is 6.07 Å². The number of benzene rings is 1. The zero-order valence-electron chi connectivity index (χ0n) is 8.68. The molecule has 0 unspecified atom stereocenters. The van der Waals surface area contributed by atoms with Crippen molar-refractivity contribution in [2.75, 3.05) is 6.54 Å². The Morgan fingerprint density at radius 2 is 2.06 bits per heavy atom. The van der Waals surface area contributed by atoms with Gasteiger partial charge >= 0.3 is 6.18 Å². The molecule has 0 spiro atoms. The molecule has 1 aliphatic rings. The molecule has 1 aromatic carbocycles. The van der Waals surface area contributed by atoms with Crippen molar-refractivity contribution in [2.45, 2.75) is 12.1 Å². The highest BCUT2D eigenvalue weighted by Gasteiger charge is 2.35. The van der Waals surface area contributed by atoms with Crippen LogP contribution in [0.1, 0.15) is 17.0 Å². The molecular formula is C11H10ClF3N2. The lowest BCUT2D eigenvalue weighted by Crippen LogP contribution is -2.17. The molecule has 1 heterocycles. The van der Waals surface area contributed by atoms with Crippen molar-refractivity contribution in [2.24, 2.45) is 5.73 Å². The third-order valence-corrected chi connectivity index (χ3v) is 2.86. The van der Waals surface area contributed by atoms with Gasteiger partial charge in [0.1, 0.15) is 0 Å². The SMILES string of the molecule is NC1=C[C@@H](c2cc(Cl)ccc2C(F)(F)F)CN1. The van der Waals surface area contributed by atoms with Crippen LogP contribution < -0.4 is 11.1 Å². The van der Waals surface area contributed by atoms with Crippen molar-refractivity contribution < 1.29 is 13.2 Å². The lowest BCUT2D eigenvalue weighted by Gasteiger charge is -2.16. The van der Waals surface area contributed by atoms with Crippen LogP contribution in [0.2, 0.25) is 5.02 Å². The first-order chi connectivity index (χ1) is 7.88. The van der Waals surface area contributed by atoms with Crippen LogP contribution in [0.5, 0.6) is 0 Å². The molecule has 0 bridgehead atoms. The van der Waals surface area contributed by atoms with Crippen LogP contribution in [0.4, 0.5) is 13.2 Å². The highest BCUT2D eigenvalue weighted by atomic mass is 35.5. The van der Waals surface area contributed by atoms with Crippen LogP contribution in [0.25, 0.3) is 0 Å². The lowest BCUT2D eigenvalue weighted by atomic mass is 9.95. The van der Waals surface area contributed by atoms with E-state index in [1.165, 1.54) is 12.1 Å². The summed E-state index contributed by atoms with van der Waals surface area (Å²) >= 11 is 5.74. The highest BCUT2D eigenvalue weighted by Crippen LogP contribution is 2.37. The molecule has 6 heteroatoms. The minimum Gasteiger partial charge on any atom is -0.386 e. The van der Waals surface area contributed by atoms with Gasteiger partial charge in [-0.25, -0.2) is 0 Å². The van der Waals surface area contributed by atoms with E-state index in [1.54, 1.807) is 6.08 Å². The third kappa shape index (κ3) is 2.49. The van der Waals surface area contributed by atoms with E-state index in [2.05, 4.69) is 5.32 Å². The van der Waals surface area contributed by atoms with Gasteiger partial charge in [-0.15, -0.1) is 0 Å². The Kier molecular flexibility index (Phi) is 2.95. The number of nitrogens with two attached hydrogens (primary N) is 1. The number of rotatable bonds is 1. The lowest BCUT2D eigenvalue weighted by molar-refractivity contribution is -0.138. The molecule has 17 heavy (non-hydrogen) atoms. The smallest absolute Gasteiger partial charge is 0.386 e. The third-order valence-electron chi connectivity index (χ3n) is 2.63. The summed E-state index contributed by atoms with van der Waals surface area (Å²) in [6, 6.07) is 3.58. The highest BCUT2D eigenvalue weighted by molar-refractivity contribution is 6.30. The van der Waals surface area contributed by atoms with E-state index >= 15 is 0 Å². The van der Waals surface area contributed by atoms with Crippen molar-refractivity contribution in [3.05, 3.63) is 46.2 Å². The van der Waals surface area contributed by atoms with Gasteiger partial charge in [0.05, 0.1) is 11.4 Å². The van der Waals surface area contributed by atoms with Gasteiger partial charge in [-0.3, -0.25) is 0 Å². The Hall–Kier alpha value is -1.36. The van der Waals surface area contributed by atoms with Gasteiger partial charge in [0.25, 0.3) is 0 Å². The monoisotopic (exact) mass is 262 g/mol. The van der Waals surface area contributed by atoms with E-state index in [0.29, 0.717) is 12.4 Å². The fraction of sp³-hybridized carbons (Fsp3) is 0.273. The molecule has 2 rings (SSSR count). The van der Waals surface area contributed by atoms with Crippen LogP contribution >= 0.6 is 11.6 Å². The summed E-state index contributed by atoms with van der Waals surface area (Å²) in [5, 5.41) is 3.08. The summed E-state index contributed by atoms with van der Waals surface area (Å²) in [5.74, 6) is -0.00609. The molecule has 2 nitrogen and oxygen atoms in total. The molecular weight excluding hydrogens is 253 g/mol. The van der Waals surface area contributed by atoms with Crippen LogP contribution in [0, 0.1) is 0 Å². The number of hydrogen-bond acceptors (Lipinski definition) is 2. The van der Waals surface area contributed by atoms with Crippen molar-refractivity contribution in [1.29, 1.82) is 0 Å². The molecule has 1 aliphatic heterocycles. The van der Waals surface area contributed by atoms with E-state index in [9.17, 15) is 13.2 Å². The molecule has 0 aromatic heterocycles. The van der Waals surface area contributed by atoms with Gasteiger partial charge < -0.3 is 11.1 Å².